The molecule has 1 atom stereocenters. The van der Waals surface area contributed by atoms with Gasteiger partial charge in [0.25, 0.3) is 0 Å². The van der Waals surface area contributed by atoms with Crippen LogP contribution in [-0.4, -0.2) is 74.4 Å². The van der Waals surface area contributed by atoms with Crippen LogP contribution in [0.25, 0.3) is 10.9 Å². The lowest BCUT2D eigenvalue weighted by atomic mass is 9.87. The zero-order chi connectivity index (χ0) is 25.1. The normalized spacial score (nSPS) is 17.8. The largest absolute Gasteiger partial charge is 0.497 e. The van der Waals surface area contributed by atoms with Gasteiger partial charge in [0.2, 0.25) is 0 Å². The number of benzene rings is 2. The van der Waals surface area contributed by atoms with Crippen molar-refractivity contribution in [2.75, 3.05) is 53.6 Å². The Bertz CT molecular complexity index is 1220. The van der Waals surface area contributed by atoms with E-state index in [1.165, 1.54) is 16.7 Å². The SMILES string of the molecule is COc1ccc2[nH]cc(CCC3c4cc(CCN)c(OC)cc4CCN3C(=O)N3CCOCC3)c2c1. The van der Waals surface area contributed by atoms with E-state index >= 15 is 0 Å². The van der Waals surface area contributed by atoms with E-state index in [9.17, 15) is 4.79 Å². The number of H-pyrrole nitrogens is 1. The molecule has 2 aliphatic rings. The molecular weight excluding hydrogens is 456 g/mol. The maximum Gasteiger partial charge on any atom is 0.320 e. The Kier molecular flexibility index (Phi) is 7.34. The molecule has 1 saturated heterocycles. The number of ether oxygens (including phenoxy) is 3. The zero-order valence-corrected chi connectivity index (χ0v) is 21.2. The third-order valence-corrected chi connectivity index (χ3v) is 7.50. The fourth-order valence-corrected chi connectivity index (χ4v) is 5.58. The van der Waals surface area contributed by atoms with Crippen LogP contribution in [0.4, 0.5) is 4.79 Å². The van der Waals surface area contributed by atoms with Gasteiger partial charge in [0.1, 0.15) is 11.5 Å². The molecule has 0 radical (unpaired) electrons. The number of aromatic amines is 1. The first-order valence-electron chi connectivity index (χ1n) is 12.8. The van der Waals surface area contributed by atoms with Crippen molar-refractivity contribution in [2.45, 2.75) is 31.7 Å². The van der Waals surface area contributed by atoms with Gasteiger partial charge in [-0.1, -0.05) is 0 Å². The number of nitrogens with zero attached hydrogens (tertiary/aromatic N) is 2. The first-order valence-corrected chi connectivity index (χ1v) is 12.8. The minimum Gasteiger partial charge on any atom is -0.497 e. The average Bonchev–Trinajstić information content (AvgIpc) is 3.33. The topological polar surface area (TPSA) is 93.0 Å². The van der Waals surface area contributed by atoms with Gasteiger partial charge in [-0.05, 0) is 84.8 Å². The maximum absolute atomic E-state index is 13.7. The number of amides is 2. The highest BCUT2D eigenvalue weighted by atomic mass is 16.5. The molecule has 2 amide bonds. The smallest absolute Gasteiger partial charge is 0.320 e. The van der Waals surface area contributed by atoms with Crippen molar-refractivity contribution in [1.82, 2.24) is 14.8 Å². The Morgan fingerprint density at radius 3 is 2.67 bits per heavy atom. The lowest BCUT2D eigenvalue weighted by molar-refractivity contribution is 0.0376. The summed E-state index contributed by atoms with van der Waals surface area (Å²) in [6, 6.07) is 10.6. The van der Waals surface area contributed by atoms with E-state index in [0.717, 1.165) is 53.6 Å². The number of hydrogen-bond acceptors (Lipinski definition) is 5. The Morgan fingerprint density at radius 1 is 1.08 bits per heavy atom. The quantitative estimate of drug-likeness (QED) is 0.525. The highest BCUT2D eigenvalue weighted by Crippen LogP contribution is 2.38. The number of nitrogens with two attached hydrogens (primary N) is 1. The van der Waals surface area contributed by atoms with Crippen molar-refractivity contribution >= 4 is 16.9 Å². The monoisotopic (exact) mass is 492 g/mol. The molecule has 0 spiro atoms. The van der Waals surface area contributed by atoms with Crippen LogP contribution in [0.3, 0.4) is 0 Å². The second-order valence-corrected chi connectivity index (χ2v) is 9.51. The van der Waals surface area contributed by atoms with Gasteiger partial charge in [-0.2, -0.15) is 0 Å². The summed E-state index contributed by atoms with van der Waals surface area (Å²) >= 11 is 0. The van der Waals surface area contributed by atoms with Gasteiger partial charge < -0.3 is 34.7 Å². The lowest BCUT2D eigenvalue weighted by Gasteiger charge is -2.41. The number of carbonyl (C=O) groups excluding carboxylic acids is 1. The van der Waals surface area contributed by atoms with Gasteiger partial charge in [-0.25, -0.2) is 4.79 Å². The van der Waals surface area contributed by atoms with Crippen molar-refractivity contribution in [1.29, 1.82) is 0 Å². The van der Waals surface area contributed by atoms with Crippen molar-refractivity contribution in [3.8, 4) is 11.5 Å². The summed E-state index contributed by atoms with van der Waals surface area (Å²) in [7, 11) is 3.40. The number of urea groups is 1. The molecule has 192 valence electrons. The summed E-state index contributed by atoms with van der Waals surface area (Å²) in [6.45, 7) is 3.70. The predicted octanol–water partition coefficient (Wildman–Crippen LogP) is 3.67. The average molecular weight is 493 g/mol. The van der Waals surface area contributed by atoms with E-state index in [0.29, 0.717) is 39.4 Å². The van der Waals surface area contributed by atoms with Crippen molar-refractivity contribution in [3.63, 3.8) is 0 Å². The minimum absolute atomic E-state index is 0.0258. The Labute approximate surface area is 212 Å². The standard InChI is InChI=1S/C28H36N4O4/c1-34-22-4-5-25-23(17-22)21(18-30-25)3-6-26-24-15-20(7-9-29)27(35-2)16-19(24)8-10-32(26)28(33)31-11-13-36-14-12-31/h4-5,15-18,26,30H,3,6-14,29H2,1-2H3. The van der Waals surface area contributed by atoms with Gasteiger partial charge >= 0.3 is 6.03 Å². The van der Waals surface area contributed by atoms with E-state index < -0.39 is 0 Å². The van der Waals surface area contributed by atoms with E-state index in [2.05, 4.69) is 34.3 Å². The fourth-order valence-electron chi connectivity index (χ4n) is 5.58. The number of rotatable bonds is 7. The number of hydrogen-bond donors (Lipinski definition) is 2. The van der Waals surface area contributed by atoms with E-state index in [1.807, 2.05) is 17.0 Å². The molecule has 3 aromatic rings. The van der Waals surface area contributed by atoms with E-state index in [-0.39, 0.29) is 12.1 Å². The summed E-state index contributed by atoms with van der Waals surface area (Å²) in [5, 5.41) is 1.16. The predicted molar refractivity (Wildman–Crippen MR) is 140 cm³/mol. The number of aryl methyl sites for hydroxylation is 1. The van der Waals surface area contributed by atoms with Crippen molar-refractivity contribution in [3.05, 3.63) is 58.8 Å². The summed E-state index contributed by atoms with van der Waals surface area (Å²) in [6.07, 6.45) is 5.29. The van der Waals surface area contributed by atoms with Crippen LogP contribution < -0.4 is 15.2 Å². The Morgan fingerprint density at radius 2 is 1.92 bits per heavy atom. The number of morpholine rings is 1. The Hall–Kier alpha value is -3.23. The van der Waals surface area contributed by atoms with E-state index in [4.69, 9.17) is 19.9 Å². The highest BCUT2D eigenvalue weighted by molar-refractivity contribution is 5.84. The van der Waals surface area contributed by atoms with Gasteiger partial charge in [-0.15, -0.1) is 0 Å². The molecule has 2 aromatic carbocycles. The van der Waals surface area contributed by atoms with Gasteiger partial charge in [0.05, 0.1) is 33.5 Å². The number of carbonyl (C=O) groups is 1. The van der Waals surface area contributed by atoms with Crippen LogP contribution in [0.5, 0.6) is 11.5 Å². The molecule has 1 fully saturated rings. The summed E-state index contributed by atoms with van der Waals surface area (Å²) < 4.78 is 16.6. The van der Waals surface area contributed by atoms with Crippen LogP contribution in [0.1, 0.15) is 34.7 Å². The summed E-state index contributed by atoms with van der Waals surface area (Å²) in [5.74, 6) is 1.73. The third kappa shape index (κ3) is 4.75. The van der Waals surface area contributed by atoms with Crippen LogP contribution in [0, 0.1) is 0 Å². The van der Waals surface area contributed by atoms with Crippen LogP contribution in [0.15, 0.2) is 36.5 Å². The van der Waals surface area contributed by atoms with Gasteiger partial charge in [0, 0.05) is 36.7 Å². The number of aromatic nitrogens is 1. The second kappa shape index (κ2) is 10.8. The molecule has 0 saturated carbocycles. The van der Waals surface area contributed by atoms with Crippen molar-refractivity contribution in [2.24, 2.45) is 5.73 Å². The molecule has 2 aliphatic heterocycles. The molecule has 36 heavy (non-hydrogen) atoms. The first kappa shape index (κ1) is 24.5. The molecule has 3 heterocycles. The minimum atomic E-state index is -0.0258. The molecular formula is C28H36N4O4. The van der Waals surface area contributed by atoms with Crippen LogP contribution in [0.2, 0.25) is 0 Å². The lowest BCUT2D eigenvalue weighted by Crippen LogP contribution is -2.51. The molecule has 1 unspecified atom stereocenters. The fraction of sp³-hybridized carbons (Fsp3) is 0.464. The second-order valence-electron chi connectivity index (χ2n) is 9.51. The molecule has 0 bridgehead atoms. The number of nitrogens with one attached hydrogen (secondary N) is 1. The molecule has 3 N–H and O–H groups in total. The summed E-state index contributed by atoms with van der Waals surface area (Å²) in [5.41, 5.74) is 11.8. The molecule has 8 nitrogen and oxygen atoms in total. The van der Waals surface area contributed by atoms with Gasteiger partial charge in [-0.3, -0.25) is 0 Å². The molecule has 5 rings (SSSR count). The van der Waals surface area contributed by atoms with Gasteiger partial charge in [0.15, 0.2) is 0 Å². The van der Waals surface area contributed by atoms with Crippen molar-refractivity contribution < 1.29 is 19.0 Å². The Balaban J connectivity index is 1.48. The third-order valence-electron chi connectivity index (χ3n) is 7.50. The highest BCUT2D eigenvalue weighted by Gasteiger charge is 2.34. The van der Waals surface area contributed by atoms with Crippen LogP contribution >= 0.6 is 0 Å². The zero-order valence-electron chi connectivity index (χ0n) is 21.2. The van der Waals surface area contributed by atoms with E-state index in [1.54, 1.807) is 14.2 Å². The maximum atomic E-state index is 13.7. The summed E-state index contributed by atoms with van der Waals surface area (Å²) in [4.78, 5) is 21.1. The van der Waals surface area contributed by atoms with Crippen LogP contribution in [-0.2, 0) is 24.0 Å². The molecule has 8 heteroatoms. The number of methoxy groups -OCH3 is 2. The first-order chi connectivity index (χ1) is 17.6. The molecule has 1 aromatic heterocycles. The number of fused-ring (bicyclic) bond motifs is 2. The molecule has 0 aliphatic carbocycles.